The van der Waals surface area contributed by atoms with E-state index in [1.54, 1.807) is 25.6 Å². The van der Waals surface area contributed by atoms with Crippen molar-refractivity contribution in [1.29, 1.82) is 0 Å². The lowest BCUT2D eigenvalue weighted by Crippen LogP contribution is -2.28. The molecule has 120 valence electrons. The zero-order valence-corrected chi connectivity index (χ0v) is 13.3. The molecule has 0 radical (unpaired) electrons. The Labute approximate surface area is 136 Å². The maximum absolute atomic E-state index is 11.9. The predicted octanol–water partition coefficient (Wildman–Crippen LogP) is 2.82. The summed E-state index contributed by atoms with van der Waals surface area (Å²) >= 11 is 0. The van der Waals surface area contributed by atoms with Gasteiger partial charge in [0.25, 0.3) is 5.91 Å². The summed E-state index contributed by atoms with van der Waals surface area (Å²) in [4.78, 5) is 15.8. The summed E-state index contributed by atoms with van der Waals surface area (Å²) in [5.41, 5.74) is 2.00. The number of hydrogen-bond acceptors (Lipinski definition) is 4. The molecule has 1 heterocycles. The van der Waals surface area contributed by atoms with Crippen LogP contribution in [0, 0.1) is 0 Å². The number of carbonyl (C=O) groups is 1. The third-order valence-electron chi connectivity index (χ3n) is 3.14. The first-order chi connectivity index (χ1) is 11.2. The monoisotopic (exact) mass is 312 g/mol. The van der Waals surface area contributed by atoms with Gasteiger partial charge in [-0.05, 0) is 42.3 Å². The average molecular weight is 312 g/mol. The highest BCUT2D eigenvalue weighted by Gasteiger charge is 2.08. The number of benzene rings is 1. The van der Waals surface area contributed by atoms with Gasteiger partial charge in [-0.2, -0.15) is 0 Å². The van der Waals surface area contributed by atoms with Crippen molar-refractivity contribution in [3.8, 4) is 11.5 Å². The molecule has 1 amide bonds. The standard InChI is InChI=1S/C18H20N2O3/c1-3-4-14-5-6-16(17(11-14)22-2)23-13-18(21)20-12-15-7-9-19-10-8-15/h3-11H,12-13H2,1-2H3,(H,20,21)/b4-3+. The highest BCUT2D eigenvalue weighted by molar-refractivity contribution is 5.77. The average Bonchev–Trinajstić information content (AvgIpc) is 2.59. The molecule has 1 aromatic heterocycles. The van der Waals surface area contributed by atoms with Crippen LogP contribution < -0.4 is 14.8 Å². The van der Waals surface area contributed by atoms with Gasteiger partial charge >= 0.3 is 0 Å². The summed E-state index contributed by atoms with van der Waals surface area (Å²) < 4.78 is 10.8. The molecule has 5 nitrogen and oxygen atoms in total. The number of allylic oxidation sites excluding steroid dienone is 1. The molecule has 0 aliphatic rings. The smallest absolute Gasteiger partial charge is 0.258 e. The van der Waals surface area contributed by atoms with Crippen LogP contribution in [0.4, 0.5) is 0 Å². The van der Waals surface area contributed by atoms with Crippen LogP contribution in [0.1, 0.15) is 18.1 Å². The van der Waals surface area contributed by atoms with Crippen LogP contribution in [-0.4, -0.2) is 24.6 Å². The van der Waals surface area contributed by atoms with Crippen molar-refractivity contribution in [2.75, 3.05) is 13.7 Å². The molecule has 0 saturated carbocycles. The zero-order chi connectivity index (χ0) is 16.5. The minimum atomic E-state index is -0.193. The van der Waals surface area contributed by atoms with Gasteiger partial charge in [-0.15, -0.1) is 0 Å². The van der Waals surface area contributed by atoms with Crippen molar-refractivity contribution >= 4 is 12.0 Å². The largest absolute Gasteiger partial charge is 0.493 e. The van der Waals surface area contributed by atoms with Gasteiger partial charge in [-0.25, -0.2) is 0 Å². The van der Waals surface area contributed by atoms with Crippen molar-refractivity contribution in [2.45, 2.75) is 13.5 Å². The van der Waals surface area contributed by atoms with Gasteiger partial charge in [0.15, 0.2) is 18.1 Å². The molecule has 0 aliphatic carbocycles. The minimum Gasteiger partial charge on any atom is -0.493 e. The summed E-state index contributed by atoms with van der Waals surface area (Å²) in [6, 6.07) is 9.27. The second-order valence-corrected chi connectivity index (χ2v) is 4.83. The minimum absolute atomic E-state index is 0.0651. The summed E-state index contributed by atoms with van der Waals surface area (Å²) in [7, 11) is 1.57. The molecule has 0 unspecified atom stereocenters. The first-order valence-electron chi connectivity index (χ1n) is 7.32. The van der Waals surface area contributed by atoms with Crippen LogP contribution in [0.2, 0.25) is 0 Å². The quantitative estimate of drug-likeness (QED) is 0.854. The Kier molecular flexibility index (Phi) is 6.17. The Hall–Kier alpha value is -2.82. The fraction of sp³-hybridized carbons (Fsp3) is 0.222. The van der Waals surface area contributed by atoms with Gasteiger partial charge in [0.05, 0.1) is 7.11 Å². The number of nitrogens with zero attached hydrogens (tertiary/aromatic N) is 1. The number of aromatic nitrogens is 1. The Morgan fingerprint density at radius 2 is 2.00 bits per heavy atom. The van der Waals surface area contributed by atoms with Crippen LogP contribution in [0.3, 0.4) is 0 Å². The molecule has 1 aromatic carbocycles. The van der Waals surface area contributed by atoms with E-state index in [0.29, 0.717) is 18.0 Å². The second-order valence-electron chi connectivity index (χ2n) is 4.83. The van der Waals surface area contributed by atoms with Crippen LogP contribution in [0.5, 0.6) is 11.5 Å². The van der Waals surface area contributed by atoms with E-state index in [-0.39, 0.29) is 12.5 Å². The van der Waals surface area contributed by atoms with Crippen LogP contribution in [-0.2, 0) is 11.3 Å². The van der Waals surface area contributed by atoms with Crippen LogP contribution >= 0.6 is 0 Å². The highest BCUT2D eigenvalue weighted by Crippen LogP contribution is 2.28. The van der Waals surface area contributed by atoms with E-state index in [1.165, 1.54) is 0 Å². The van der Waals surface area contributed by atoms with Crippen molar-refractivity contribution in [2.24, 2.45) is 0 Å². The van der Waals surface area contributed by atoms with Gasteiger partial charge in [0.1, 0.15) is 0 Å². The SMILES string of the molecule is C/C=C/c1ccc(OCC(=O)NCc2ccncc2)c(OC)c1. The summed E-state index contributed by atoms with van der Waals surface area (Å²) in [6.45, 7) is 2.33. The van der Waals surface area contributed by atoms with E-state index in [1.807, 2.05) is 43.3 Å². The van der Waals surface area contributed by atoms with Crippen molar-refractivity contribution in [3.63, 3.8) is 0 Å². The highest BCUT2D eigenvalue weighted by atomic mass is 16.5. The van der Waals surface area contributed by atoms with E-state index in [0.717, 1.165) is 11.1 Å². The van der Waals surface area contributed by atoms with E-state index in [2.05, 4.69) is 10.3 Å². The van der Waals surface area contributed by atoms with Gasteiger partial charge in [0.2, 0.25) is 0 Å². The lowest BCUT2D eigenvalue weighted by atomic mass is 10.2. The van der Waals surface area contributed by atoms with E-state index < -0.39 is 0 Å². The molecule has 0 aliphatic heterocycles. The first-order valence-corrected chi connectivity index (χ1v) is 7.32. The molecule has 0 bridgehead atoms. The molecule has 0 fully saturated rings. The number of hydrogen-bond donors (Lipinski definition) is 1. The van der Waals surface area contributed by atoms with Crippen molar-refractivity contribution < 1.29 is 14.3 Å². The van der Waals surface area contributed by atoms with Crippen LogP contribution in [0.15, 0.2) is 48.8 Å². The number of pyridine rings is 1. The lowest BCUT2D eigenvalue weighted by molar-refractivity contribution is -0.123. The molecular weight excluding hydrogens is 292 g/mol. The number of amides is 1. The van der Waals surface area contributed by atoms with Gasteiger partial charge in [-0.3, -0.25) is 9.78 Å². The Morgan fingerprint density at radius 3 is 2.70 bits per heavy atom. The van der Waals surface area contributed by atoms with E-state index in [4.69, 9.17) is 9.47 Å². The number of carbonyl (C=O) groups excluding carboxylic acids is 1. The molecule has 5 heteroatoms. The Morgan fingerprint density at radius 1 is 1.22 bits per heavy atom. The third kappa shape index (κ3) is 5.14. The maximum atomic E-state index is 11.9. The summed E-state index contributed by atoms with van der Waals surface area (Å²) in [6.07, 6.45) is 7.29. The summed E-state index contributed by atoms with van der Waals surface area (Å²) in [5.74, 6) is 0.948. The normalized spacial score (nSPS) is 10.5. The molecule has 0 atom stereocenters. The van der Waals surface area contributed by atoms with Crippen molar-refractivity contribution in [3.05, 3.63) is 59.9 Å². The second kappa shape index (κ2) is 8.58. The predicted molar refractivity (Wildman–Crippen MR) is 89.3 cm³/mol. The van der Waals surface area contributed by atoms with E-state index >= 15 is 0 Å². The number of rotatable bonds is 7. The molecular formula is C18H20N2O3. The molecule has 2 rings (SSSR count). The third-order valence-corrected chi connectivity index (χ3v) is 3.14. The molecule has 2 aromatic rings. The van der Waals surface area contributed by atoms with Gasteiger partial charge in [-0.1, -0.05) is 18.2 Å². The molecule has 0 saturated heterocycles. The zero-order valence-electron chi connectivity index (χ0n) is 13.3. The van der Waals surface area contributed by atoms with Crippen molar-refractivity contribution in [1.82, 2.24) is 10.3 Å². The number of ether oxygens (including phenoxy) is 2. The Bertz CT molecular complexity index is 669. The molecule has 0 spiro atoms. The topological polar surface area (TPSA) is 60.5 Å². The molecule has 23 heavy (non-hydrogen) atoms. The first kappa shape index (κ1) is 16.5. The van der Waals surface area contributed by atoms with E-state index in [9.17, 15) is 4.79 Å². The molecule has 1 N–H and O–H groups in total. The van der Waals surface area contributed by atoms with Gasteiger partial charge in [0, 0.05) is 18.9 Å². The van der Waals surface area contributed by atoms with Crippen LogP contribution in [0.25, 0.3) is 6.08 Å². The fourth-order valence-electron chi connectivity index (χ4n) is 2.00. The Balaban J connectivity index is 1.88. The summed E-state index contributed by atoms with van der Waals surface area (Å²) in [5, 5.41) is 2.79. The van der Waals surface area contributed by atoms with Gasteiger partial charge < -0.3 is 14.8 Å². The fourth-order valence-corrected chi connectivity index (χ4v) is 2.00. The maximum Gasteiger partial charge on any atom is 0.258 e. The number of nitrogens with one attached hydrogen (secondary N) is 1. The number of methoxy groups -OCH3 is 1. The lowest BCUT2D eigenvalue weighted by Gasteiger charge is -2.11.